The third-order valence-electron chi connectivity index (χ3n) is 8.98. The van der Waals surface area contributed by atoms with Crippen LogP contribution in [0.25, 0.3) is 0 Å². The summed E-state index contributed by atoms with van der Waals surface area (Å²) < 4.78 is 5.43. The molecule has 0 unspecified atom stereocenters. The van der Waals surface area contributed by atoms with Gasteiger partial charge in [0.15, 0.2) is 6.61 Å². The molecular formula is C29H41N3O4. The van der Waals surface area contributed by atoms with E-state index >= 15 is 0 Å². The summed E-state index contributed by atoms with van der Waals surface area (Å²) in [7, 11) is 0. The first-order valence-corrected chi connectivity index (χ1v) is 13.9. The van der Waals surface area contributed by atoms with E-state index in [-0.39, 0.29) is 24.3 Å². The van der Waals surface area contributed by atoms with Crippen LogP contribution in [-0.2, 0) is 14.3 Å². The summed E-state index contributed by atoms with van der Waals surface area (Å²) in [5.41, 5.74) is 0.865. The number of rotatable bonds is 8. The minimum Gasteiger partial charge on any atom is -0.454 e. The molecule has 36 heavy (non-hydrogen) atoms. The van der Waals surface area contributed by atoms with E-state index in [4.69, 9.17) is 4.74 Å². The monoisotopic (exact) mass is 495 g/mol. The molecule has 1 saturated heterocycles. The summed E-state index contributed by atoms with van der Waals surface area (Å²) in [6.07, 6.45) is 8.80. The first-order valence-electron chi connectivity index (χ1n) is 13.9. The molecule has 1 aromatic rings. The first-order chi connectivity index (χ1) is 17.3. The molecule has 196 valence electrons. The Bertz CT molecular complexity index is 919. The van der Waals surface area contributed by atoms with Crippen LogP contribution in [0.4, 0.5) is 0 Å². The highest BCUT2D eigenvalue weighted by molar-refractivity contribution is 5.97. The van der Waals surface area contributed by atoms with Crippen molar-refractivity contribution in [2.75, 3.05) is 32.8 Å². The zero-order chi connectivity index (χ0) is 25.3. The highest BCUT2D eigenvalue weighted by Gasteiger charge is 2.53. The number of carbonyl (C=O) groups excluding carboxylic acids is 3. The highest BCUT2D eigenvalue weighted by atomic mass is 16.5. The van der Waals surface area contributed by atoms with Crippen LogP contribution < -0.4 is 5.32 Å². The number of nitrogens with zero attached hydrogens (tertiary/aromatic N) is 2. The summed E-state index contributed by atoms with van der Waals surface area (Å²) in [5, 5.41) is 2.79. The first kappa shape index (κ1) is 25.2. The molecule has 1 heterocycles. The Hall–Kier alpha value is -2.41. The van der Waals surface area contributed by atoms with E-state index in [1.807, 2.05) is 24.8 Å². The lowest BCUT2D eigenvalue weighted by Gasteiger charge is -2.61. The minimum absolute atomic E-state index is 0.147. The Balaban J connectivity index is 1.11. The predicted molar refractivity (Wildman–Crippen MR) is 137 cm³/mol. The van der Waals surface area contributed by atoms with Gasteiger partial charge in [-0.1, -0.05) is 32.0 Å². The number of ether oxygens (including phenoxy) is 1. The normalized spacial score (nSPS) is 30.3. The molecule has 5 fully saturated rings. The van der Waals surface area contributed by atoms with Crippen molar-refractivity contribution < 1.29 is 19.1 Å². The Kier molecular flexibility index (Phi) is 7.38. The van der Waals surface area contributed by atoms with Gasteiger partial charge in [0.25, 0.3) is 11.8 Å². The van der Waals surface area contributed by atoms with Crippen LogP contribution in [0.5, 0.6) is 0 Å². The number of hydrogen-bond donors (Lipinski definition) is 1. The second-order valence-corrected chi connectivity index (χ2v) is 12.1. The number of piperazine rings is 1. The molecule has 5 aliphatic rings. The molecular weight excluding hydrogens is 454 g/mol. The van der Waals surface area contributed by atoms with Gasteiger partial charge in [-0.3, -0.25) is 14.5 Å². The Morgan fingerprint density at radius 3 is 2.08 bits per heavy atom. The molecule has 1 aliphatic heterocycles. The summed E-state index contributed by atoms with van der Waals surface area (Å²) in [4.78, 5) is 42.8. The van der Waals surface area contributed by atoms with Gasteiger partial charge in [-0.25, -0.2) is 4.79 Å². The quantitative estimate of drug-likeness (QED) is 0.559. The number of amides is 2. The maximum absolute atomic E-state index is 12.9. The summed E-state index contributed by atoms with van der Waals surface area (Å²) in [6.45, 7) is 6.92. The molecule has 4 aliphatic carbocycles. The van der Waals surface area contributed by atoms with Crippen LogP contribution in [-0.4, -0.2) is 72.0 Å². The van der Waals surface area contributed by atoms with Crippen molar-refractivity contribution in [1.82, 2.24) is 15.1 Å². The van der Waals surface area contributed by atoms with Crippen LogP contribution in [0, 0.1) is 23.7 Å². The van der Waals surface area contributed by atoms with Gasteiger partial charge in [-0.15, -0.1) is 0 Å². The van der Waals surface area contributed by atoms with Gasteiger partial charge in [0.2, 0.25) is 0 Å². The van der Waals surface area contributed by atoms with Gasteiger partial charge in [0.1, 0.15) is 6.04 Å². The van der Waals surface area contributed by atoms with E-state index in [2.05, 4.69) is 10.2 Å². The number of nitrogens with one attached hydrogen (secondary N) is 1. The van der Waals surface area contributed by atoms with Gasteiger partial charge >= 0.3 is 5.97 Å². The van der Waals surface area contributed by atoms with Gasteiger partial charge in [-0.05, 0) is 80.8 Å². The SMILES string of the molecule is CC(C)C[C@H](NC(=O)c1ccccc1)C(=O)OCC(=O)N1CCN(C23CC4CC(CC(C4)C2)C3)CC1. The largest absolute Gasteiger partial charge is 0.454 e. The van der Waals surface area contributed by atoms with E-state index in [1.165, 1.54) is 38.5 Å². The van der Waals surface area contributed by atoms with Crippen LogP contribution in [0.2, 0.25) is 0 Å². The minimum atomic E-state index is -0.779. The van der Waals surface area contributed by atoms with Crippen LogP contribution in [0.1, 0.15) is 69.2 Å². The third kappa shape index (κ3) is 5.46. The molecule has 4 saturated carbocycles. The smallest absolute Gasteiger partial charge is 0.329 e. The Morgan fingerprint density at radius 2 is 1.53 bits per heavy atom. The number of hydrogen-bond acceptors (Lipinski definition) is 5. The van der Waals surface area contributed by atoms with Gasteiger partial charge in [0, 0.05) is 37.3 Å². The fourth-order valence-electron chi connectivity index (χ4n) is 7.72. The molecule has 0 radical (unpaired) electrons. The third-order valence-corrected chi connectivity index (χ3v) is 8.98. The van der Waals surface area contributed by atoms with Crippen molar-refractivity contribution in [2.45, 2.75) is 70.4 Å². The Morgan fingerprint density at radius 1 is 0.944 bits per heavy atom. The maximum Gasteiger partial charge on any atom is 0.329 e. The molecule has 0 aromatic heterocycles. The highest BCUT2D eigenvalue weighted by Crippen LogP contribution is 2.57. The number of carbonyl (C=O) groups is 3. The second kappa shape index (κ2) is 10.5. The van der Waals surface area contributed by atoms with Crippen molar-refractivity contribution in [2.24, 2.45) is 23.7 Å². The van der Waals surface area contributed by atoms with Gasteiger partial charge in [-0.2, -0.15) is 0 Å². The Labute approximate surface area is 214 Å². The lowest BCUT2D eigenvalue weighted by atomic mass is 9.52. The molecule has 7 nitrogen and oxygen atoms in total. The van der Waals surface area contributed by atoms with E-state index in [1.54, 1.807) is 24.3 Å². The molecule has 0 spiro atoms. The fourth-order valence-corrected chi connectivity index (χ4v) is 7.72. The maximum atomic E-state index is 12.9. The number of esters is 1. The molecule has 4 bridgehead atoms. The average Bonchev–Trinajstić information content (AvgIpc) is 2.86. The lowest BCUT2D eigenvalue weighted by molar-refractivity contribution is -0.156. The van der Waals surface area contributed by atoms with Crippen molar-refractivity contribution in [3.63, 3.8) is 0 Å². The van der Waals surface area contributed by atoms with E-state index in [0.717, 1.165) is 30.8 Å². The second-order valence-electron chi connectivity index (χ2n) is 12.1. The molecule has 1 atom stereocenters. The molecule has 7 heteroatoms. The fraction of sp³-hybridized carbons (Fsp3) is 0.690. The lowest BCUT2D eigenvalue weighted by Crippen LogP contribution is -2.64. The van der Waals surface area contributed by atoms with Gasteiger partial charge in [0.05, 0.1) is 0 Å². The van der Waals surface area contributed by atoms with Crippen LogP contribution >= 0.6 is 0 Å². The predicted octanol–water partition coefficient (Wildman–Crippen LogP) is 3.49. The number of benzene rings is 1. The van der Waals surface area contributed by atoms with E-state index in [9.17, 15) is 14.4 Å². The van der Waals surface area contributed by atoms with Crippen molar-refractivity contribution in [1.29, 1.82) is 0 Å². The molecule has 1 aromatic carbocycles. The van der Waals surface area contributed by atoms with Crippen molar-refractivity contribution >= 4 is 17.8 Å². The standard InChI is InChI=1S/C29H41N3O4/c1-20(2)12-25(30-27(34)24-6-4-3-5-7-24)28(35)36-19-26(33)31-8-10-32(11-9-31)29-16-21-13-22(17-29)15-23(14-21)18-29/h3-7,20-23,25H,8-19H2,1-2H3,(H,30,34)/t21?,22?,23?,25-,29?/m0/s1. The average molecular weight is 496 g/mol. The van der Waals surface area contributed by atoms with Crippen LogP contribution in [0.3, 0.4) is 0 Å². The van der Waals surface area contributed by atoms with E-state index < -0.39 is 12.0 Å². The summed E-state index contributed by atoms with van der Waals surface area (Å²) in [5.74, 6) is 1.92. The molecule has 2 amide bonds. The van der Waals surface area contributed by atoms with Crippen molar-refractivity contribution in [3.05, 3.63) is 35.9 Å². The van der Waals surface area contributed by atoms with Crippen LogP contribution in [0.15, 0.2) is 30.3 Å². The van der Waals surface area contributed by atoms with Crippen molar-refractivity contribution in [3.8, 4) is 0 Å². The summed E-state index contributed by atoms with van der Waals surface area (Å²) in [6, 6.07) is 8.04. The zero-order valence-electron chi connectivity index (χ0n) is 21.8. The molecule has 1 N–H and O–H groups in total. The van der Waals surface area contributed by atoms with Gasteiger partial charge < -0.3 is 15.0 Å². The zero-order valence-corrected chi connectivity index (χ0v) is 21.8. The topological polar surface area (TPSA) is 78.9 Å². The molecule has 6 rings (SSSR count). The van der Waals surface area contributed by atoms with E-state index in [0.29, 0.717) is 30.6 Å². The summed E-state index contributed by atoms with van der Waals surface area (Å²) >= 11 is 0.